The van der Waals surface area contributed by atoms with Crippen molar-refractivity contribution in [2.24, 2.45) is 5.92 Å². The Morgan fingerprint density at radius 2 is 1.42 bits per heavy atom. The average molecular weight is 549 g/mol. The molecule has 36 heavy (non-hydrogen) atoms. The van der Waals surface area contributed by atoms with Gasteiger partial charge in [-0.1, -0.05) is 13.8 Å². The number of hydrogen-bond donors (Lipinski definition) is 4. The van der Waals surface area contributed by atoms with E-state index in [1.807, 2.05) is 13.8 Å². The Labute approximate surface area is 215 Å². The number of aromatic nitrogens is 4. The smallest absolute Gasteiger partial charge is 0.251 e. The Balaban J connectivity index is 0.000000201. The van der Waals surface area contributed by atoms with Crippen LogP contribution in [0.4, 0.5) is 8.78 Å². The second-order valence-electron chi connectivity index (χ2n) is 9.22. The summed E-state index contributed by atoms with van der Waals surface area (Å²) in [4.78, 5) is 27.0. The summed E-state index contributed by atoms with van der Waals surface area (Å²) in [5.74, 6) is -0.221. The number of aromatic amines is 2. The van der Waals surface area contributed by atoms with Crippen LogP contribution in [0.15, 0.2) is 34.1 Å². The van der Waals surface area contributed by atoms with E-state index >= 15 is 0 Å². The predicted octanol–water partition coefficient (Wildman–Crippen LogP) is 2.46. The molecule has 2 aliphatic heterocycles. The Kier molecular flexibility index (Phi) is 8.47. The number of alkyl halides is 2. The number of aliphatic hydroxyl groups is 2. The van der Waals surface area contributed by atoms with E-state index in [0.717, 1.165) is 13.3 Å². The molecule has 0 amide bonds. The van der Waals surface area contributed by atoms with Crippen LogP contribution < -0.4 is 11.1 Å². The number of nitrogens with zero attached hydrogens (tertiary/aromatic N) is 2. The highest BCUT2D eigenvalue weighted by Crippen LogP contribution is 2.46. The van der Waals surface area contributed by atoms with Crippen molar-refractivity contribution in [2.75, 3.05) is 6.61 Å². The van der Waals surface area contributed by atoms with Gasteiger partial charge in [0.05, 0.1) is 12.7 Å². The molecule has 2 aromatic rings. The molecule has 0 radical (unpaired) electrons. The van der Waals surface area contributed by atoms with Gasteiger partial charge in [0, 0.05) is 30.4 Å². The third kappa shape index (κ3) is 5.29. The lowest BCUT2D eigenvalue weighted by molar-refractivity contribution is -0.0601. The van der Waals surface area contributed by atoms with Gasteiger partial charge in [0.2, 0.25) is 0 Å². The minimum atomic E-state index is -2.12. The maximum atomic E-state index is 14.8. The fourth-order valence-corrected chi connectivity index (χ4v) is 4.89. The molecule has 2 saturated heterocycles. The van der Waals surface area contributed by atoms with Crippen molar-refractivity contribution in [3.63, 3.8) is 0 Å². The molecule has 4 rings (SSSR count). The highest BCUT2D eigenvalue weighted by Gasteiger charge is 2.55. The topological polar surface area (TPSA) is 134 Å². The lowest BCUT2D eigenvalue weighted by Crippen LogP contribution is -2.40. The van der Waals surface area contributed by atoms with Crippen LogP contribution in [0.3, 0.4) is 0 Å². The highest BCUT2D eigenvalue weighted by molar-refractivity contribution is 7.71. The predicted molar refractivity (Wildman–Crippen MR) is 131 cm³/mol. The van der Waals surface area contributed by atoms with Gasteiger partial charge in [0.25, 0.3) is 11.1 Å². The molecule has 0 aliphatic carbocycles. The summed E-state index contributed by atoms with van der Waals surface area (Å²) in [6, 6.07) is 2.49. The second kappa shape index (κ2) is 10.7. The van der Waals surface area contributed by atoms with E-state index in [-0.39, 0.29) is 27.1 Å². The Hall–Kier alpha value is -2.10. The van der Waals surface area contributed by atoms with E-state index in [2.05, 4.69) is 9.97 Å². The third-order valence-corrected chi connectivity index (χ3v) is 7.37. The number of rotatable bonds is 4. The third-order valence-electron chi connectivity index (χ3n) is 6.74. The summed E-state index contributed by atoms with van der Waals surface area (Å²) >= 11 is 9.96. The first-order valence-corrected chi connectivity index (χ1v) is 12.2. The fraction of sp³-hybridized carbons (Fsp3) is 0.636. The molecule has 10 nitrogen and oxygen atoms in total. The van der Waals surface area contributed by atoms with Crippen LogP contribution in [0.25, 0.3) is 0 Å². The fourth-order valence-electron chi connectivity index (χ4n) is 4.38. The Morgan fingerprint density at radius 3 is 1.78 bits per heavy atom. The molecule has 0 aromatic carbocycles. The van der Waals surface area contributed by atoms with Gasteiger partial charge in [-0.3, -0.25) is 28.7 Å². The molecule has 0 bridgehead atoms. The Bertz CT molecular complexity index is 1210. The first kappa shape index (κ1) is 28.5. The summed E-state index contributed by atoms with van der Waals surface area (Å²) in [5.41, 5.74) is -4.34. The maximum absolute atomic E-state index is 14.8. The van der Waals surface area contributed by atoms with Gasteiger partial charge >= 0.3 is 0 Å². The SMILES string of the molecule is CC1(F)C(O)C(CO)OC1n1ccc(=O)[nH]c1=S.CCC1OC(n2ccc(=O)[nH]c2=S)C(C)(F)C1C. The zero-order valence-corrected chi connectivity index (χ0v) is 21.8. The van der Waals surface area contributed by atoms with Gasteiger partial charge < -0.3 is 19.7 Å². The molecule has 2 fully saturated rings. The standard InChI is InChI=1S/C12H17FN2O2S.C10H13FN2O4S/c1-4-8-7(2)12(3,13)10(17-8)15-6-5-9(16)14-11(15)18;1-10(11)7(16)5(4-14)17-8(10)13-3-2-6(15)12-9(13)18/h5-8,10H,4H2,1-3H3,(H,14,16,18);2-3,5,7-8,14,16H,4H2,1H3,(H,12,15,18). The van der Waals surface area contributed by atoms with Crippen molar-refractivity contribution in [1.29, 1.82) is 0 Å². The van der Waals surface area contributed by atoms with Crippen molar-refractivity contribution < 1.29 is 28.5 Å². The molecule has 2 aromatic heterocycles. The number of halogens is 2. The average Bonchev–Trinajstić information content (AvgIpc) is 3.17. The number of ether oxygens (including phenoxy) is 2. The summed E-state index contributed by atoms with van der Waals surface area (Å²) < 4.78 is 43.1. The molecule has 14 heteroatoms. The summed E-state index contributed by atoms with van der Waals surface area (Å²) in [6.07, 6.45) is -1.12. The van der Waals surface area contributed by atoms with Crippen molar-refractivity contribution in [1.82, 2.24) is 19.1 Å². The van der Waals surface area contributed by atoms with Crippen LogP contribution >= 0.6 is 24.4 Å². The van der Waals surface area contributed by atoms with Crippen LogP contribution in [0, 0.1) is 15.5 Å². The van der Waals surface area contributed by atoms with Crippen molar-refractivity contribution in [3.8, 4) is 0 Å². The van der Waals surface area contributed by atoms with Gasteiger partial charge in [-0.2, -0.15) is 0 Å². The summed E-state index contributed by atoms with van der Waals surface area (Å²) in [5, 5.41) is 18.7. The number of H-pyrrole nitrogens is 2. The Morgan fingerprint density at radius 1 is 0.972 bits per heavy atom. The molecular formula is C22H30F2N4O6S2. The van der Waals surface area contributed by atoms with Crippen LogP contribution in [0.5, 0.6) is 0 Å². The molecule has 200 valence electrons. The summed E-state index contributed by atoms with van der Waals surface area (Å²) in [7, 11) is 0. The number of nitrogens with one attached hydrogen (secondary N) is 2. The maximum Gasteiger partial charge on any atom is 0.251 e. The monoisotopic (exact) mass is 548 g/mol. The molecule has 0 saturated carbocycles. The molecule has 8 unspecified atom stereocenters. The van der Waals surface area contributed by atoms with Crippen molar-refractivity contribution >= 4 is 24.4 Å². The first-order chi connectivity index (χ1) is 16.7. The van der Waals surface area contributed by atoms with E-state index < -0.39 is 48.2 Å². The molecular weight excluding hydrogens is 518 g/mol. The largest absolute Gasteiger partial charge is 0.394 e. The summed E-state index contributed by atoms with van der Waals surface area (Å²) in [6.45, 7) is 5.97. The van der Waals surface area contributed by atoms with Crippen LogP contribution in [-0.2, 0) is 9.47 Å². The van der Waals surface area contributed by atoms with E-state index in [1.54, 1.807) is 0 Å². The van der Waals surface area contributed by atoms with Gasteiger partial charge in [0.15, 0.2) is 33.3 Å². The van der Waals surface area contributed by atoms with E-state index in [1.165, 1.54) is 40.6 Å². The lowest BCUT2D eigenvalue weighted by Gasteiger charge is -2.26. The van der Waals surface area contributed by atoms with Crippen LogP contribution in [0.2, 0.25) is 0 Å². The van der Waals surface area contributed by atoms with E-state index in [4.69, 9.17) is 39.0 Å². The van der Waals surface area contributed by atoms with Crippen molar-refractivity contribution in [3.05, 3.63) is 54.8 Å². The van der Waals surface area contributed by atoms with Crippen LogP contribution in [0.1, 0.15) is 46.6 Å². The molecule has 4 N–H and O–H groups in total. The van der Waals surface area contributed by atoms with Crippen LogP contribution in [-0.4, -0.2) is 65.6 Å². The molecule has 0 spiro atoms. The van der Waals surface area contributed by atoms with Gasteiger partial charge in [-0.15, -0.1) is 0 Å². The lowest BCUT2D eigenvalue weighted by atomic mass is 9.88. The van der Waals surface area contributed by atoms with Gasteiger partial charge in [-0.25, -0.2) is 8.78 Å². The minimum Gasteiger partial charge on any atom is -0.394 e. The van der Waals surface area contributed by atoms with Gasteiger partial charge in [0.1, 0.15) is 12.2 Å². The van der Waals surface area contributed by atoms with Gasteiger partial charge in [-0.05, 0) is 44.7 Å². The quantitative estimate of drug-likeness (QED) is 0.428. The zero-order valence-electron chi connectivity index (χ0n) is 20.2. The number of hydrogen-bond acceptors (Lipinski definition) is 8. The number of aliphatic hydroxyl groups excluding tert-OH is 2. The molecule has 2 aliphatic rings. The molecule has 4 heterocycles. The highest BCUT2D eigenvalue weighted by atomic mass is 32.1. The van der Waals surface area contributed by atoms with E-state index in [0.29, 0.717) is 0 Å². The normalized spacial score (nSPS) is 35.9. The second-order valence-corrected chi connectivity index (χ2v) is 9.99. The first-order valence-electron chi connectivity index (χ1n) is 11.4. The van der Waals surface area contributed by atoms with E-state index in [9.17, 15) is 23.5 Å². The molecule has 8 atom stereocenters. The van der Waals surface area contributed by atoms with Crippen molar-refractivity contribution in [2.45, 2.75) is 76.2 Å². The minimum absolute atomic E-state index is 0.0119. The zero-order chi connectivity index (χ0) is 27.0.